The molecule has 1 aromatic rings. The Kier molecular flexibility index (Phi) is 3.39. The van der Waals surface area contributed by atoms with Gasteiger partial charge in [0.1, 0.15) is 0 Å². The van der Waals surface area contributed by atoms with Crippen LogP contribution in [0, 0.1) is 11.8 Å². The van der Waals surface area contributed by atoms with Gasteiger partial charge in [-0.2, -0.15) is 0 Å². The third kappa shape index (κ3) is 3.46. The Bertz CT molecular complexity index is 827. The molecule has 6 nitrogen and oxygen atoms in total. The van der Waals surface area contributed by atoms with Crippen molar-refractivity contribution in [1.29, 1.82) is 0 Å². The number of aliphatic carboxylic acids is 1. The lowest BCUT2D eigenvalue weighted by molar-refractivity contribution is -0.142. The fourth-order valence-corrected chi connectivity index (χ4v) is 4.05. The molecule has 0 aliphatic carbocycles. The Balaban J connectivity index is 1.90. The minimum Gasteiger partial charge on any atom is -0.493 e. The van der Waals surface area contributed by atoms with Gasteiger partial charge in [-0.05, 0) is 48.4 Å². The van der Waals surface area contributed by atoms with Crippen LogP contribution in [0.1, 0.15) is 45.2 Å². The monoisotopic (exact) mass is 355 g/mol. The lowest BCUT2D eigenvalue weighted by Crippen LogP contribution is -2.48. The van der Waals surface area contributed by atoms with Gasteiger partial charge in [0.05, 0.1) is 34.3 Å². The fraction of sp³-hybridized carbons (Fsp3) is 0.632. The number of aliphatic hydroxyl groups excluding tert-OH is 1. The molecule has 3 rings (SSSR count). The van der Waals surface area contributed by atoms with Gasteiger partial charge in [0, 0.05) is 19.1 Å². The van der Waals surface area contributed by atoms with Crippen LogP contribution in [0.4, 0.5) is 0 Å². The molecule has 1 saturated heterocycles. The van der Waals surface area contributed by atoms with Crippen LogP contribution < -0.4 is 9.47 Å². The molecule has 138 valence electrons. The Morgan fingerprint density at radius 1 is 1.40 bits per heavy atom. The van der Waals surface area contributed by atoms with Crippen molar-refractivity contribution in [2.24, 2.45) is 11.8 Å². The number of hydrogen-bond donors (Lipinski definition) is 2. The first-order valence-corrected chi connectivity index (χ1v) is 8.43. The molecule has 0 spiro atoms. The van der Waals surface area contributed by atoms with Gasteiger partial charge < -0.3 is 19.7 Å². The van der Waals surface area contributed by atoms with E-state index in [1.54, 1.807) is 6.92 Å². The van der Waals surface area contributed by atoms with Crippen molar-refractivity contribution in [3.05, 3.63) is 23.3 Å². The van der Waals surface area contributed by atoms with E-state index in [1.165, 1.54) is 12.1 Å². The molecule has 0 saturated carbocycles. The molecule has 2 N–H and O–H groups in total. The van der Waals surface area contributed by atoms with Crippen molar-refractivity contribution in [3.8, 4) is 11.5 Å². The second kappa shape index (κ2) is 7.22. The van der Waals surface area contributed by atoms with Gasteiger partial charge >= 0.3 is 5.97 Å². The zero-order valence-electron chi connectivity index (χ0n) is 20.1. The molecule has 2 aliphatic heterocycles. The average Bonchev–Trinajstić information content (AvgIpc) is 2.60. The SMILES string of the molecule is [2H]C([2H])([2H])Oc1cc2c(cc1OC([2H])([2H])[2H])[C@@H]1C[C@@H](O)[C@@H](C[C@H](C)C(=O)O)CN1CC2. The van der Waals surface area contributed by atoms with Crippen LogP contribution in [-0.2, 0) is 11.2 Å². The van der Waals surface area contributed by atoms with Gasteiger partial charge in [0.2, 0.25) is 0 Å². The standard InChI is InChI=1S/C19H27NO5/c1-11(19(22)23)6-13-10-20-5-4-12-7-17(24-2)18(25-3)8-14(12)15(20)9-16(13)21/h7-8,11,13,15-16,21H,4-6,9-10H2,1-3H3,(H,22,23)/t11-,13-,15-,16+/m0/s1/i2D3,3D3. The van der Waals surface area contributed by atoms with Crippen molar-refractivity contribution in [2.45, 2.75) is 38.3 Å². The summed E-state index contributed by atoms with van der Waals surface area (Å²) in [6, 6.07) is 2.79. The Labute approximate surface area is 156 Å². The molecule has 25 heavy (non-hydrogen) atoms. The van der Waals surface area contributed by atoms with Gasteiger partial charge in [0.15, 0.2) is 11.5 Å². The third-order valence-corrected chi connectivity index (χ3v) is 5.45. The second-order valence-corrected chi connectivity index (χ2v) is 7.00. The zero-order chi connectivity index (χ0) is 23.1. The van der Waals surface area contributed by atoms with E-state index >= 15 is 0 Å². The lowest BCUT2D eigenvalue weighted by Gasteiger charge is -2.46. The number of ether oxygens (including phenoxy) is 2. The molecular weight excluding hydrogens is 322 g/mol. The first-order valence-electron chi connectivity index (χ1n) is 11.4. The molecule has 1 aromatic carbocycles. The highest BCUT2D eigenvalue weighted by molar-refractivity contribution is 5.69. The smallest absolute Gasteiger partial charge is 0.306 e. The third-order valence-electron chi connectivity index (χ3n) is 5.45. The maximum Gasteiger partial charge on any atom is 0.306 e. The molecule has 1 fully saturated rings. The summed E-state index contributed by atoms with van der Waals surface area (Å²) in [6.07, 6.45) is 0.593. The molecule has 6 heteroatoms. The van der Waals surface area contributed by atoms with Gasteiger partial charge in [-0.15, -0.1) is 0 Å². The summed E-state index contributed by atoms with van der Waals surface area (Å²) in [4.78, 5) is 13.4. The molecule has 0 bridgehead atoms. The summed E-state index contributed by atoms with van der Waals surface area (Å²) in [5, 5.41) is 19.9. The first kappa shape index (κ1) is 11.8. The summed E-state index contributed by atoms with van der Waals surface area (Å²) in [6.45, 7) is 2.79. The summed E-state index contributed by atoms with van der Waals surface area (Å²) in [5.74, 6) is -1.99. The number of benzene rings is 1. The van der Waals surface area contributed by atoms with Crippen molar-refractivity contribution < 1.29 is 32.7 Å². The summed E-state index contributed by atoms with van der Waals surface area (Å²) >= 11 is 0. The topological polar surface area (TPSA) is 79.2 Å². The van der Waals surface area contributed by atoms with E-state index in [1.807, 2.05) is 0 Å². The van der Waals surface area contributed by atoms with Crippen LogP contribution in [0.3, 0.4) is 0 Å². The normalized spacial score (nSPS) is 31.7. The molecule has 4 atom stereocenters. The van der Waals surface area contributed by atoms with E-state index in [0.29, 0.717) is 32.4 Å². The largest absolute Gasteiger partial charge is 0.493 e. The van der Waals surface area contributed by atoms with Crippen LogP contribution in [-0.4, -0.2) is 54.4 Å². The van der Waals surface area contributed by atoms with E-state index in [0.717, 1.165) is 11.1 Å². The average molecular weight is 355 g/mol. The van der Waals surface area contributed by atoms with E-state index < -0.39 is 32.1 Å². The zero-order valence-corrected chi connectivity index (χ0v) is 14.1. The minimum atomic E-state index is -2.79. The summed E-state index contributed by atoms with van der Waals surface area (Å²) < 4.78 is 54.3. The molecule has 2 aliphatic rings. The van der Waals surface area contributed by atoms with Crippen LogP contribution in [0.2, 0.25) is 0 Å². The molecule has 0 amide bonds. The highest BCUT2D eigenvalue weighted by Crippen LogP contribution is 2.43. The number of rotatable bonds is 5. The van der Waals surface area contributed by atoms with Crippen LogP contribution in [0.5, 0.6) is 11.5 Å². The predicted octanol–water partition coefficient (Wildman–Crippen LogP) is 2.09. The van der Waals surface area contributed by atoms with E-state index in [4.69, 9.17) is 17.7 Å². The number of piperidine rings is 1. The van der Waals surface area contributed by atoms with Gasteiger partial charge in [-0.1, -0.05) is 6.92 Å². The summed E-state index contributed by atoms with van der Waals surface area (Å²) in [7, 11) is -5.56. The van der Waals surface area contributed by atoms with E-state index in [2.05, 4.69) is 4.90 Å². The Hall–Kier alpha value is -1.79. The van der Waals surface area contributed by atoms with Crippen molar-refractivity contribution in [2.75, 3.05) is 27.2 Å². The molecule has 0 aromatic heterocycles. The maximum atomic E-state index is 11.2. The molecular formula is C19H27NO5. The fourth-order valence-electron chi connectivity index (χ4n) is 4.05. The predicted molar refractivity (Wildman–Crippen MR) is 93.1 cm³/mol. The summed E-state index contributed by atoms with van der Waals surface area (Å²) in [5.41, 5.74) is 1.56. The second-order valence-electron chi connectivity index (χ2n) is 7.00. The van der Waals surface area contributed by atoms with Gasteiger partial charge in [0.25, 0.3) is 0 Å². The van der Waals surface area contributed by atoms with E-state index in [9.17, 15) is 15.0 Å². The maximum absolute atomic E-state index is 11.2. The highest BCUT2D eigenvalue weighted by Gasteiger charge is 2.39. The van der Waals surface area contributed by atoms with Gasteiger partial charge in [-0.25, -0.2) is 0 Å². The molecule has 2 heterocycles. The van der Waals surface area contributed by atoms with Crippen LogP contribution >= 0.6 is 0 Å². The molecule has 0 unspecified atom stereocenters. The van der Waals surface area contributed by atoms with E-state index in [-0.39, 0.29) is 23.5 Å². The number of carboxylic acid groups (broad SMARTS) is 1. The van der Waals surface area contributed by atoms with Crippen molar-refractivity contribution in [3.63, 3.8) is 0 Å². The first-order chi connectivity index (χ1) is 14.2. The number of aliphatic hydroxyl groups is 1. The number of carboxylic acids is 1. The number of fused-ring (bicyclic) bond motifs is 3. The number of methoxy groups -OCH3 is 2. The highest BCUT2D eigenvalue weighted by atomic mass is 16.5. The van der Waals surface area contributed by atoms with Crippen LogP contribution in [0.15, 0.2) is 12.1 Å². The Morgan fingerprint density at radius 3 is 2.80 bits per heavy atom. The van der Waals surface area contributed by atoms with Crippen molar-refractivity contribution >= 4 is 5.97 Å². The number of nitrogens with zero attached hydrogens (tertiary/aromatic N) is 1. The minimum absolute atomic E-state index is 0.159. The van der Waals surface area contributed by atoms with Crippen LogP contribution in [0.25, 0.3) is 0 Å². The van der Waals surface area contributed by atoms with Gasteiger partial charge in [-0.3, -0.25) is 9.69 Å². The lowest BCUT2D eigenvalue weighted by atomic mass is 9.79. The Morgan fingerprint density at radius 2 is 2.12 bits per heavy atom. The van der Waals surface area contributed by atoms with Crippen molar-refractivity contribution in [1.82, 2.24) is 4.90 Å². The molecule has 0 radical (unpaired) electrons. The number of hydrogen-bond acceptors (Lipinski definition) is 5. The quantitative estimate of drug-likeness (QED) is 0.842. The number of carbonyl (C=O) groups is 1.